The van der Waals surface area contributed by atoms with Crippen molar-refractivity contribution in [3.8, 4) is 0 Å². The molecule has 0 bridgehead atoms. The Hall–Kier alpha value is -1.73. The maximum Gasteiger partial charge on any atom is 0.338 e. The fourth-order valence-corrected chi connectivity index (χ4v) is 5.29. The van der Waals surface area contributed by atoms with Crippen LogP contribution in [0.15, 0.2) is 23.1 Å². The van der Waals surface area contributed by atoms with Gasteiger partial charge in [0.2, 0.25) is 10.0 Å². The van der Waals surface area contributed by atoms with Crippen LogP contribution in [0, 0.1) is 6.92 Å². The van der Waals surface area contributed by atoms with Gasteiger partial charge in [-0.25, -0.2) is 13.2 Å². The second-order valence-corrected chi connectivity index (χ2v) is 8.96. The molecule has 7 heteroatoms. The van der Waals surface area contributed by atoms with Crippen LogP contribution in [0.1, 0.15) is 60.9 Å². The topological polar surface area (TPSA) is 80.8 Å². The van der Waals surface area contributed by atoms with E-state index in [0.29, 0.717) is 31.5 Å². The van der Waals surface area contributed by atoms with Gasteiger partial charge in [0.15, 0.2) is 11.9 Å². The van der Waals surface area contributed by atoms with Gasteiger partial charge in [0.05, 0.1) is 10.5 Å². The molecule has 0 amide bonds. The fourth-order valence-electron chi connectivity index (χ4n) is 3.52. The van der Waals surface area contributed by atoms with E-state index in [4.69, 9.17) is 4.74 Å². The molecule has 1 aliphatic heterocycles. The van der Waals surface area contributed by atoms with Gasteiger partial charge in [-0.3, -0.25) is 4.79 Å². The number of ketones is 1. The van der Waals surface area contributed by atoms with Crippen LogP contribution in [0.25, 0.3) is 0 Å². The molecule has 1 atom stereocenters. The van der Waals surface area contributed by atoms with Gasteiger partial charge in [-0.15, -0.1) is 0 Å². The molecular formula is C19H25NO5S. The number of esters is 1. The fraction of sp³-hybridized carbons (Fsp3) is 0.579. The lowest BCUT2D eigenvalue weighted by Gasteiger charge is -2.26. The number of carbonyl (C=O) groups is 2. The number of hydrogen-bond donors (Lipinski definition) is 0. The average Bonchev–Trinajstić information content (AvgIpc) is 2.64. The van der Waals surface area contributed by atoms with Crippen molar-refractivity contribution in [1.82, 2.24) is 4.31 Å². The van der Waals surface area contributed by atoms with E-state index in [2.05, 4.69) is 0 Å². The second kappa shape index (κ2) is 7.88. The third-order valence-electron chi connectivity index (χ3n) is 5.10. The molecule has 1 aromatic carbocycles. The summed E-state index contributed by atoms with van der Waals surface area (Å²) in [5, 5.41) is 0. The molecule has 1 saturated carbocycles. The normalized spacial score (nSPS) is 22.2. The van der Waals surface area contributed by atoms with Gasteiger partial charge < -0.3 is 4.74 Å². The van der Waals surface area contributed by atoms with Crippen LogP contribution >= 0.6 is 0 Å². The van der Waals surface area contributed by atoms with E-state index in [1.165, 1.54) is 10.4 Å². The quantitative estimate of drug-likeness (QED) is 0.752. The third kappa shape index (κ3) is 3.99. The number of hydrogen-bond acceptors (Lipinski definition) is 5. The largest absolute Gasteiger partial charge is 0.451 e. The van der Waals surface area contributed by atoms with Gasteiger partial charge in [0.25, 0.3) is 0 Å². The summed E-state index contributed by atoms with van der Waals surface area (Å²) in [6, 6.07) is 4.56. The van der Waals surface area contributed by atoms with E-state index < -0.39 is 22.1 Å². The molecule has 3 rings (SSSR count). The van der Waals surface area contributed by atoms with Crippen molar-refractivity contribution >= 4 is 21.8 Å². The van der Waals surface area contributed by atoms with Crippen molar-refractivity contribution in [2.24, 2.45) is 0 Å². The van der Waals surface area contributed by atoms with Crippen LogP contribution in [0.5, 0.6) is 0 Å². The Morgan fingerprint density at radius 3 is 2.54 bits per heavy atom. The molecule has 0 spiro atoms. The van der Waals surface area contributed by atoms with Crippen molar-refractivity contribution in [3.05, 3.63) is 29.3 Å². The summed E-state index contributed by atoms with van der Waals surface area (Å²) in [6.07, 6.45) is 4.68. The van der Waals surface area contributed by atoms with Gasteiger partial charge in [-0.2, -0.15) is 4.31 Å². The number of nitrogens with zero attached hydrogens (tertiary/aromatic N) is 1. The molecule has 1 heterocycles. The molecule has 2 aliphatic rings. The molecule has 0 aromatic heterocycles. The van der Waals surface area contributed by atoms with Gasteiger partial charge in [0, 0.05) is 19.5 Å². The smallest absolute Gasteiger partial charge is 0.338 e. The minimum absolute atomic E-state index is 0.0575. The predicted molar refractivity (Wildman–Crippen MR) is 96.5 cm³/mol. The van der Waals surface area contributed by atoms with Crippen molar-refractivity contribution in [2.45, 2.75) is 62.9 Å². The number of rotatable bonds is 4. The Morgan fingerprint density at radius 2 is 1.85 bits per heavy atom. The summed E-state index contributed by atoms with van der Waals surface area (Å²) in [5.74, 6) is -0.696. The SMILES string of the molecule is Cc1ccc(C(=O)OC2CCCCC2=O)cc1S(=O)(=O)N1CCCCC1. The number of ether oxygens (including phenoxy) is 1. The first-order valence-corrected chi connectivity index (χ1v) is 10.7. The molecule has 1 aromatic rings. The molecule has 26 heavy (non-hydrogen) atoms. The molecule has 0 N–H and O–H groups in total. The van der Waals surface area contributed by atoms with E-state index in [1.807, 2.05) is 0 Å². The molecule has 1 unspecified atom stereocenters. The number of carbonyl (C=O) groups excluding carboxylic acids is 2. The Labute approximate surface area is 154 Å². The number of piperidine rings is 1. The molecule has 142 valence electrons. The number of aryl methyl sites for hydroxylation is 1. The minimum atomic E-state index is -3.63. The van der Waals surface area contributed by atoms with Crippen molar-refractivity contribution in [2.75, 3.05) is 13.1 Å². The highest BCUT2D eigenvalue weighted by atomic mass is 32.2. The van der Waals surface area contributed by atoms with Crippen LogP contribution in [0.2, 0.25) is 0 Å². The van der Waals surface area contributed by atoms with Crippen LogP contribution < -0.4 is 0 Å². The zero-order valence-corrected chi connectivity index (χ0v) is 15.9. The van der Waals surface area contributed by atoms with Crippen molar-refractivity contribution in [1.29, 1.82) is 0 Å². The lowest BCUT2D eigenvalue weighted by molar-refractivity contribution is -0.129. The Bertz CT molecular complexity index is 796. The van der Waals surface area contributed by atoms with E-state index in [9.17, 15) is 18.0 Å². The molecular weight excluding hydrogens is 354 g/mol. The lowest BCUT2D eigenvalue weighted by atomic mass is 9.96. The van der Waals surface area contributed by atoms with Crippen LogP contribution in [-0.2, 0) is 19.6 Å². The van der Waals surface area contributed by atoms with E-state index in [0.717, 1.165) is 32.1 Å². The van der Waals surface area contributed by atoms with E-state index in [-0.39, 0.29) is 16.2 Å². The highest BCUT2D eigenvalue weighted by Gasteiger charge is 2.30. The number of Topliss-reactive ketones (excluding diaryl/α,β-unsaturated/α-hetero) is 1. The summed E-state index contributed by atoms with van der Waals surface area (Å²) in [6.45, 7) is 2.73. The molecule has 1 aliphatic carbocycles. The summed E-state index contributed by atoms with van der Waals surface area (Å²) in [7, 11) is -3.63. The van der Waals surface area contributed by atoms with Crippen LogP contribution in [-0.4, -0.2) is 43.7 Å². The standard InChI is InChI=1S/C19H25NO5S/c1-14-9-10-15(19(22)25-17-8-4-3-7-16(17)21)13-18(14)26(23,24)20-11-5-2-6-12-20/h9-10,13,17H,2-8,11-12H2,1H3. The van der Waals surface area contributed by atoms with Gasteiger partial charge in [-0.05, 0) is 56.7 Å². The second-order valence-electron chi connectivity index (χ2n) is 7.05. The first-order chi connectivity index (χ1) is 12.4. The first kappa shape index (κ1) is 19.0. The molecule has 6 nitrogen and oxygen atoms in total. The maximum absolute atomic E-state index is 12.9. The highest BCUT2D eigenvalue weighted by molar-refractivity contribution is 7.89. The van der Waals surface area contributed by atoms with Crippen LogP contribution in [0.4, 0.5) is 0 Å². The minimum Gasteiger partial charge on any atom is -0.451 e. The van der Waals surface area contributed by atoms with E-state index in [1.54, 1.807) is 19.1 Å². The number of benzene rings is 1. The lowest BCUT2D eigenvalue weighted by Crippen LogP contribution is -2.36. The number of sulfonamides is 1. The zero-order chi connectivity index (χ0) is 18.7. The van der Waals surface area contributed by atoms with E-state index >= 15 is 0 Å². The molecule has 2 fully saturated rings. The first-order valence-electron chi connectivity index (χ1n) is 9.24. The highest BCUT2D eigenvalue weighted by Crippen LogP contribution is 2.25. The monoisotopic (exact) mass is 379 g/mol. The summed E-state index contributed by atoms with van der Waals surface area (Å²) in [5.41, 5.74) is 0.769. The van der Waals surface area contributed by atoms with Gasteiger partial charge in [-0.1, -0.05) is 12.5 Å². The van der Waals surface area contributed by atoms with Gasteiger partial charge in [0.1, 0.15) is 0 Å². The molecule has 0 radical (unpaired) electrons. The molecule has 1 saturated heterocycles. The summed E-state index contributed by atoms with van der Waals surface area (Å²) >= 11 is 0. The zero-order valence-electron chi connectivity index (χ0n) is 15.1. The summed E-state index contributed by atoms with van der Waals surface area (Å²) < 4.78 is 32.7. The van der Waals surface area contributed by atoms with Crippen molar-refractivity contribution < 1.29 is 22.7 Å². The maximum atomic E-state index is 12.9. The predicted octanol–water partition coefficient (Wildman–Crippen LogP) is 2.84. The van der Waals surface area contributed by atoms with Crippen molar-refractivity contribution in [3.63, 3.8) is 0 Å². The Morgan fingerprint density at radius 1 is 1.12 bits per heavy atom. The van der Waals surface area contributed by atoms with Gasteiger partial charge >= 0.3 is 5.97 Å². The van der Waals surface area contributed by atoms with Crippen LogP contribution in [0.3, 0.4) is 0 Å². The Balaban J connectivity index is 1.82. The summed E-state index contributed by atoms with van der Waals surface area (Å²) in [4.78, 5) is 24.5. The third-order valence-corrected chi connectivity index (χ3v) is 7.15. The Kier molecular flexibility index (Phi) is 5.77. The average molecular weight is 379 g/mol.